The maximum absolute atomic E-state index is 11.4. The van der Waals surface area contributed by atoms with Crippen molar-refractivity contribution in [1.82, 2.24) is 10.3 Å². The first kappa shape index (κ1) is 13.1. The highest BCUT2D eigenvalue weighted by Gasteiger charge is 2.08. The normalized spacial score (nSPS) is 11.5. The number of urea groups is 1. The molecule has 0 radical (unpaired) electrons. The standard InChI is InChI=1S/C11H13N5O2S/c1-2-13-10(17)15-11-14-7-4-3-6(9(12)16-18)5-8(7)19-11/h3-5,18H,2H2,1H3,(H2,12,16)(H2,13,14,15,17). The molecule has 2 rings (SSSR count). The molecule has 0 aliphatic heterocycles. The molecule has 0 aliphatic carbocycles. The Morgan fingerprint density at radius 1 is 1.58 bits per heavy atom. The SMILES string of the molecule is CCNC(=O)Nc1nc2ccc(C(N)=NO)cc2s1. The molecular weight excluding hydrogens is 266 g/mol. The number of nitrogens with zero attached hydrogens (tertiary/aromatic N) is 2. The van der Waals surface area contributed by atoms with Crippen LogP contribution in [0.15, 0.2) is 23.4 Å². The predicted octanol–water partition coefficient (Wildman–Crippen LogP) is 1.53. The van der Waals surface area contributed by atoms with Crippen molar-refractivity contribution < 1.29 is 10.0 Å². The maximum atomic E-state index is 11.4. The summed E-state index contributed by atoms with van der Waals surface area (Å²) < 4.78 is 0.843. The molecule has 7 nitrogen and oxygen atoms in total. The number of carbonyl (C=O) groups excluding carboxylic acids is 1. The lowest BCUT2D eigenvalue weighted by molar-refractivity contribution is 0.252. The second kappa shape index (κ2) is 5.53. The number of oxime groups is 1. The molecule has 19 heavy (non-hydrogen) atoms. The zero-order valence-corrected chi connectivity index (χ0v) is 11.0. The minimum atomic E-state index is -0.293. The van der Waals surface area contributed by atoms with Gasteiger partial charge in [0.1, 0.15) is 0 Å². The summed E-state index contributed by atoms with van der Waals surface area (Å²) in [7, 11) is 0. The number of benzene rings is 1. The lowest BCUT2D eigenvalue weighted by Crippen LogP contribution is -2.28. The van der Waals surface area contributed by atoms with Crippen molar-refractivity contribution in [2.75, 3.05) is 11.9 Å². The summed E-state index contributed by atoms with van der Waals surface area (Å²) in [5, 5.41) is 17.3. The minimum Gasteiger partial charge on any atom is -0.409 e. The number of rotatable bonds is 3. The second-order valence-corrected chi connectivity index (χ2v) is 4.70. The molecule has 0 saturated carbocycles. The van der Waals surface area contributed by atoms with Crippen molar-refractivity contribution in [3.05, 3.63) is 23.8 Å². The Bertz CT molecular complexity index is 637. The summed E-state index contributed by atoms with van der Waals surface area (Å²) >= 11 is 1.32. The smallest absolute Gasteiger partial charge is 0.321 e. The molecule has 0 atom stereocenters. The van der Waals surface area contributed by atoms with Crippen LogP contribution >= 0.6 is 11.3 Å². The van der Waals surface area contributed by atoms with E-state index in [2.05, 4.69) is 20.8 Å². The molecule has 0 unspecified atom stereocenters. The van der Waals surface area contributed by atoms with Gasteiger partial charge in [0, 0.05) is 12.1 Å². The van der Waals surface area contributed by atoms with E-state index in [1.807, 2.05) is 6.92 Å². The third-order valence-electron chi connectivity index (χ3n) is 2.35. The van der Waals surface area contributed by atoms with Crippen LogP contribution in [0.25, 0.3) is 10.2 Å². The van der Waals surface area contributed by atoms with E-state index in [0.29, 0.717) is 17.2 Å². The largest absolute Gasteiger partial charge is 0.409 e. The molecule has 2 amide bonds. The van der Waals surface area contributed by atoms with Crippen molar-refractivity contribution >= 4 is 38.6 Å². The quantitative estimate of drug-likeness (QED) is 0.295. The summed E-state index contributed by atoms with van der Waals surface area (Å²) in [5.41, 5.74) is 6.86. The van der Waals surface area contributed by atoms with Crippen LogP contribution in [0.3, 0.4) is 0 Å². The highest BCUT2D eigenvalue weighted by atomic mass is 32.1. The van der Waals surface area contributed by atoms with Gasteiger partial charge in [0.15, 0.2) is 11.0 Å². The number of fused-ring (bicyclic) bond motifs is 1. The van der Waals surface area contributed by atoms with Crippen LogP contribution in [0, 0.1) is 0 Å². The van der Waals surface area contributed by atoms with Gasteiger partial charge in [0.05, 0.1) is 10.2 Å². The number of thiazole rings is 1. The van der Waals surface area contributed by atoms with Crippen molar-refractivity contribution in [1.29, 1.82) is 0 Å². The molecule has 2 aromatic rings. The van der Waals surface area contributed by atoms with Gasteiger partial charge in [-0.05, 0) is 25.1 Å². The Morgan fingerprint density at radius 3 is 3.05 bits per heavy atom. The number of anilines is 1. The lowest BCUT2D eigenvalue weighted by atomic mass is 10.2. The lowest BCUT2D eigenvalue weighted by Gasteiger charge is -2.00. The van der Waals surface area contributed by atoms with Crippen LogP contribution in [0.1, 0.15) is 12.5 Å². The summed E-state index contributed by atoms with van der Waals surface area (Å²) in [4.78, 5) is 15.6. The molecule has 0 bridgehead atoms. The molecule has 1 aromatic carbocycles. The monoisotopic (exact) mass is 279 g/mol. The van der Waals surface area contributed by atoms with E-state index >= 15 is 0 Å². The van der Waals surface area contributed by atoms with Crippen LogP contribution in [0.4, 0.5) is 9.93 Å². The van der Waals surface area contributed by atoms with E-state index in [4.69, 9.17) is 10.9 Å². The Morgan fingerprint density at radius 2 is 2.37 bits per heavy atom. The number of amides is 2. The number of nitrogens with one attached hydrogen (secondary N) is 2. The van der Waals surface area contributed by atoms with Crippen molar-refractivity contribution in [3.8, 4) is 0 Å². The molecule has 5 N–H and O–H groups in total. The van der Waals surface area contributed by atoms with Crippen LogP contribution in [-0.4, -0.2) is 28.6 Å². The third kappa shape index (κ3) is 2.91. The molecule has 0 fully saturated rings. The van der Waals surface area contributed by atoms with Gasteiger partial charge in [-0.3, -0.25) is 5.32 Å². The first-order chi connectivity index (χ1) is 9.13. The average molecular weight is 279 g/mol. The predicted molar refractivity (Wildman–Crippen MR) is 74.8 cm³/mol. The molecular formula is C11H13N5O2S. The minimum absolute atomic E-state index is 0.0357. The summed E-state index contributed by atoms with van der Waals surface area (Å²) in [5.74, 6) is 0.0357. The van der Waals surface area contributed by atoms with E-state index < -0.39 is 0 Å². The fraction of sp³-hybridized carbons (Fsp3) is 0.182. The van der Waals surface area contributed by atoms with Crippen LogP contribution < -0.4 is 16.4 Å². The van der Waals surface area contributed by atoms with Gasteiger partial charge in [0.2, 0.25) is 0 Å². The van der Waals surface area contributed by atoms with Gasteiger partial charge < -0.3 is 16.3 Å². The number of nitrogens with two attached hydrogens (primary N) is 1. The molecule has 1 heterocycles. The number of aromatic nitrogens is 1. The Labute approximate surface area is 113 Å². The van der Waals surface area contributed by atoms with Gasteiger partial charge in [0.25, 0.3) is 0 Å². The molecule has 8 heteroatoms. The molecule has 0 aliphatic rings. The first-order valence-electron chi connectivity index (χ1n) is 5.57. The molecule has 0 saturated heterocycles. The summed E-state index contributed by atoms with van der Waals surface area (Å²) in [6, 6.07) is 4.92. The molecule has 1 aromatic heterocycles. The number of amidine groups is 1. The number of carbonyl (C=O) groups is 1. The Kier molecular flexibility index (Phi) is 3.81. The van der Waals surface area contributed by atoms with Crippen molar-refractivity contribution in [2.45, 2.75) is 6.92 Å². The van der Waals surface area contributed by atoms with Crippen LogP contribution in [0.5, 0.6) is 0 Å². The maximum Gasteiger partial charge on any atom is 0.321 e. The van der Waals surface area contributed by atoms with Crippen LogP contribution in [-0.2, 0) is 0 Å². The van der Waals surface area contributed by atoms with E-state index in [0.717, 1.165) is 10.2 Å². The summed E-state index contributed by atoms with van der Waals surface area (Å²) in [6.07, 6.45) is 0. The van der Waals surface area contributed by atoms with Gasteiger partial charge in [-0.15, -0.1) is 0 Å². The third-order valence-corrected chi connectivity index (χ3v) is 3.28. The van der Waals surface area contributed by atoms with Crippen LogP contribution in [0.2, 0.25) is 0 Å². The van der Waals surface area contributed by atoms with Gasteiger partial charge in [-0.25, -0.2) is 9.78 Å². The van der Waals surface area contributed by atoms with E-state index in [9.17, 15) is 4.79 Å². The zero-order chi connectivity index (χ0) is 13.8. The van der Waals surface area contributed by atoms with E-state index in [1.54, 1.807) is 18.2 Å². The summed E-state index contributed by atoms with van der Waals surface area (Å²) in [6.45, 7) is 2.38. The first-order valence-corrected chi connectivity index (χ1v) is 6.39. The van der Waals surface area contributed by atoms with Crippen molar-refractivity contribution in [2.24, 2.45) is 10.9 Å². The highest BCUT2D eigenvalue weighted by Crippen LogP contribution is 2.26. The van der Waals surface area contributed by atoms with E-state index in [1.165, 1.54) is 11.3 Å². The highest BCUT2D eigenvalue weighted by molar-refractivity contribution is 7.22. The number of hydrogen-bond acceptors (Lipinski definition) is 5. The fourth-order valence-corrected chi connectivity index (χ4v) is 2.40. The fourth-order valence-electron chi connectivity index (χ4n) is 1.50. The average Bonchev–Trinajstić information content (AvgIpc) is 2.78. The van der Waals surface area contributed by atoms with Gasteiger partial charge >= 0.3 is 6.03 Å². The molecule has 100 valence electrons. The van der Waals surface area contributed by atoms with Gasteiger partial charge in [-0.1, -0.05) is 16.5 Å². The van der Waals surface area contributed by atoms with E-state index in [-0.39, 0.29) is 11.9 Å². The second-order valence-electron chi connectivity index (χ2n) is 3.67. The molecule has 0 spiro atoms. The zero-order valence-electron chi connectivity index (χ0n) is 10.2. The topological polar surface area (TPSA) is 113 Å². The van der Waals surface area contributed by atoms with Gasteiger partial charge in [-0.2, -0.15) is 0 Å². The number of hydrogen-bond donors (Lipinski definition) is 4. The Hall–Kier alpha value is -2.35. The van der Waals surface area contributed by atoms with Crippen molar-refractivity contribution in [3.63, 3.8) is 0 Å². The Balaban J connectivity index is 2.28.